The number of nitrogen functional groups attached to an aromatic ring is 1. The molecule has 9 nitrogen and oxygen atoms in total. The van der Waals surface area contributed by atoms with E-state index in [1.165, 1.54) is 6.20 Å². The van der Waals surface area contributed by atoms with Crippen molar-refractivity contribution in [3.05, 3.63) is 106 Å². The van der Waals surface area contributed by atoms with Crippen LogP contribution in [0.1, 0.15) is 43.0 Å². The second-order valence-corrected chi connectivity index (χ2v) is 9.89. The first-order chi connectivity index (χ1) is 19.2. The molecular formula is C30H27ClN6O3. The van der Waals surface area contributed by atoms with Gasteiger partial charge in [-0.05, 0) is 56.5 Å². The average Bonchev–Trinajstić information content (AvgIpc) is 2.93. The first kappa shape index (κ1) is 26.8. The lowest BCUT2D eigenvalue weighted by molar-refractivity contribution is 0.0934. The molecule has 40 heavy (non-hydrogen) atoms. The van der Waals surface area contributed by atoms with Crippen molar-refractivity contribution in [2.24, 2.45) is 0 Å². The van der Waals surface area contributed by atoms with Crippen LogP contribution in [0.25, 0.3) is 27.7 Å². The third kappa shape index (κ3) is 5.37. The Bertz CT molecular complexity index is 1750. The Kier molecular flexibility index (Phi) is 7.48. The number of aromatic nitrogens is 4. The molecule has 0 saturated carbocycles. The minimum atomic E-state index is -0.609. The Morgan fingerprint density at radius 1 is 1.00 bits per heavy atom. The van der Waals surface area contributed by atoms with Gasteiger partial charge in [0.05, 0.1) is 34.4 Å². The van der Waals surface area contributed by atoms with Gasteiger partial charge in [0, 0.05) is 29.2 Å². The predicted octanol–water partition coefficient (Wildman–Crippen LogP) is 5.36. The maximum Gasteiger partial charge on any atom is 0.274 e. The molecule has 3 aromatic heterocycles. The zero-order valence-corrected chi connectivity index (χ0v) is 22.9. The zero-order valence-electron chi connectivity index (χ0n) is 22.1. The minimum Gasteiger partial charge on any atom is -0.475 e. The Labute approximate surface area is 235 Å². The van der Waals surface area contributed by atoms with Crippen LogP contribution >= 0.6 is 11.6 Å². The van der Waals surface area contributed by atoms with Gasteiger partial charge in [-0.25, -0.2) is 15.0 Å². The van der Waals surface area contributed by atoms with Crippen LogP contribution in [0, 0.1) is 0 Å². The number of carbonyl (C=O) groups excluding carboxylic acids is 1. The summed E-state index contributed by atoms with van der Waals surface area (Å²) in [5.74, 6) is -0.0766. The van der Waals surface area contributed by atoms with Gasteiger partial charge >= 0.3 is 0 Å². The normalized spacial score (nSPS) is 11.9. The molecule has 5 rings (SSSR count). The Morgan fingerprint density at radius 2 is 1.77 bits per heavy atom. The predicted molar refractivity (Wildman–Crippen MR) is 156 cm³/mol. The Balaban J connectivity index is 1.50. The van der Waals surface area contributed by atoms with E-state index in [0.29, 0.717) is 44.3 Å². The summed E-state index contributed by atoms with van der Waals surface area (Å²) in [7, 11) is 0. The number of hydrogen-bond acceptors (Lipinski definition) is 7. The van der Waals surface area contributed by atoms with Crippen LogP contribution < -0.4 is 21.3 Å². The van der Waals surface area contributed by atoms with Crippen LogP contribution in [-0.2, 0) is 0 Å². The van der Waals surface area contributed by atoms with Gasteiger partial charge in [-0.2, -0.15) is 0 Å². The lowest BCUT2D eigenvalue weighted by Gasteiger charge is -2.21. The summed E-state index contributed by atoms with van der Waals surface area (Å²) >= 11 is 6.41. The smallest absolute Gasteiger partial charge is 0.274 e. The van der Waals surface area contributed by atoms with Crippen LogP contribution in [0.15, 0.2) is 83.9 Å². The standard InChI is InChI=1S/C30H27ClN6O3/c1-17(2)40-25-13-12-20(15-33-25)23-16-34-28(32)27(36-23)29(38)35-18(3)24-14-19-8-7-11-22(31)26(19)30(39)37(24)21-9-5-4-6-10-21/h4-18H,1-3H3,(H2,32,34)(H,35,38)/t18-/m0/s1. The van der Waals surface area contributed by atoms with E-state index in [4.69, 9.17) is 22.1 Å². The van der Waals surface area contributed by atoms with E-state index in [1.807, 2.05) is 56.3 Å². The third-order valence-corrected chi connectivity index (χ3v) is 6.55. The van der Waals surface area contributed by atoms with Gasteiger partial charge in [0.15, 0.2) is 11.5 Å². The molecule has 0 radical (unpaired) electrons. The summed E-state index contributed by atoms with van der Waals surface area (Å²) in [6, 6.07) is 19.2. The van der Waals surface area contributed by atoms with E-state index in [1.54, 1.807) is 42.0 Å². The van der Waals surface area contributed by atoms with Crippen LogP contribution in [0.5, 0.6) is 5.88 Å². The van der Waals surface area contributed by atoms with E-state index in [-0.39, 0.29) is 23.2 Å². The number of hydrogen-bond donors (Lipinski definition) is 2. The molecular weight excluding hydrogens is 528 g/mol. The number of carbonyl (C=O) groups is 1. The highest BCUT2D eigenvalue weighted by Gasteiger charge is 2.22. The third-order valence-electron chi connectivity index (χ3n) is 6.23. The largest absolute Gasteiger partial charge is 0.475 e. The first-order valence-corrected chi connectivity index (χ1v) is 13.1. The van der Waals surface area contributed by atoms with E-state index in [2.05, 4.69) is 20.3 Å². The first-order valence-electron chi connectivity index (χ1n) is 12.7. The molecule has 1 amide bonds. The summed E-state index contributed by atoms with van der Waals surface area (Å²) in [4.78, 5) is 40.0. The molecule has 10 heteroatoms. The van der Waals surface area contributed by atoms with Crippen LogP contribution in [0.2, 0.25) is 5.02 Å². The molecule has 0 fully saturated rings. The number of anilines is 1. The Morgan fingerprint density at radius 3 is 2.48 bits per heavy atom. The highest BCUT2D eigenvalue weighted by atomic mass is 35.5. The number of halogens is 1. The van der Waals surface area contributed by atoms with Gasteiger partial charge in [0.2, 0.25) is 5.88 Å². The van der Waals surface area contributed by atoms with Crippen LogP contribution in [-0.4, -0.2) is 31.5 Å². The molecule has 3 heterocycles. The monoisotopic (exact) mass is 554 g/mol. The Hall–Kier alpha value is -4.76. The SMILES string of the molecule is CC(C)Oc1ccc(-c2cnc(N)c(C(=O)N[C@@H](C)c3cc4cccc(Cl)c4c(=O)n3-c3ccccc3)n2)cn1. The molecule has 0 aliphatic rings. The van der Waals surface area contributed by atoms with Crippen molar-refractivity contribution in [1.82, 2.24) is 24.8 Å². The second-order valence-electron chi connectivity index (χ2n) is 9.49. The molecule has 1 atom stereocenters. The number of para-hydroxylation sites is 1. The van der Waals surface area contributed by atoms with Gasteiger partial charge in [0.25, 0.3) is 11.5 Å². The van der Waals surface area contributed by atoms with E-state index in [9.17, 15) is 9.59 Å². The lowest BCUT2D eigenvalue weighted by Crippen LogP contribution is -2.33. The fourth-order valence-electron chi connectivity index (χ4n) is 4.39. The van der Waals surface area contributed by atoms with Crippen molar-refractivity contribution < 1.29 is 9.53 Å². The number of nitrogens with zero attached hydrogens (tertiary/aromatic N) is 4. The van der Waals surface area contributed by atoms with Gasteiger partial charge < -0.3 is 15.8 Å². The number of pyridine rings is 2. The van der Waals surface area contributed by atoms with Gasteiger partial charge in [-0.1, -0.05) is 41.9 Å². The maximum atomic E-state index is 13.7. The summed E-state index contributed by atoms with van der Waals surface area (Å²) in [5.41, 5.74) is 8.01. The van der Waals surface area contributed by atoms with E-state index < -0.39 is 11.9 Å². The number of fused-ring (bicyclic) bond motifs is 1. The quantitative estimate of drug-likeness (QED) is 0.277. The van der Waals surface area contributed by atoms with Crippen molar-refractivity contribution in [3.63, 3.8) is 0 Å². The number of benzene rings is 2. The highest BCUT2D eigenvalue weighted by molar-refractivity contribution is 6.35. The minimum absolute atomic E-state index is 0.00944. The summed E-state index contributed by atoms with van der Waals surface area (Å²) < 4.78 is 7.14. The zero-order chi connectivity index (χ0) is 28.4. The fraction of sp³-hybridized carbons (Fsp3) is 0.167. The van der Waals surface area contributed by atoms with E-state index in [0.717, 1.165) is 0 Å². The number of nitrogens with two attached hydrogens (primary N) is 1. The summed E-state index contributed by atoms with van der Waals surface area (Å²) in [6.45, 7) is 5.62. The molecule has 5 aromatic rings. The highest BCUT2D eigenvalue weighted by Crippen LogP contribution is 2.26. The van der Waals surface area contributed by atoms with Crippen molar-refractivity contribution in [1.29, 1.82) is 0 Å². The van der Waals surface area contributed by atoms with Crippen molar-refractivity contribution in [2.45, 2.75) is 32.9 Å². The molecule has 0 spiro atoms. The van der Waals surface area contributed by atoms with Gasteiger partial charge in [0.1, 0.15) is 0 Å². The van der Waals surface area contributed by atoms with Crippen molar-refractivity contribution in [2.75, 3.05) is 5.73 Å². The number of nitrogens with one attached hydrogen (secondary N) is 1. The molecule has 0 aliphatic heterocycles. The van der Waals surface area contributed by atoms with Gasteiger partial charge in [-0.15, -0.1) is 0 Å². The number of ether oxygens (including phenoxy) is 1. The summed E-state index contributed by atoms with van der Waals surface area (Å²) in [5, 5.41) is 4.35. The van der Waals surface area contributed by atoms with Crippen molar-refractivity contribution in [3.8, 4) is 22.8 Å². The summed E-state index contributed by atoms with van der Waals surface area (Å²) in [6.07, 6.45) is 3.07. The molecule has 202 valence electrons. The fourth-order valence-corrected chi connectivity index (χ4v) is 4.65. The maximum absolute atomic E-state index is 13.7. The van der Waals surface area contributed by atoms with Crippen LogP contribution in [0.3, 0.4) is 0 Å². The van der Waals surface area contributed by atoms with Gasteiger partial charge in [-0.3, -0.25) is 14.2 Å². The molecule has 2 aromatic carbocycles. The molecule has 0 unspecified atom stereocenters. The molecule has 0 saturated heterocycles. The molecule has 3 N–H and O–H groups in total. The second kappa shape index (κ2) is 11.2. The number of rotatable bonds is 7. The lowest BCUT2D eigenvalue weighted by atomic mass is 10.1. The topological polar surface area (TPSA) is 125 Å². The molecule has 0 aliphatic carbocycles. The average molecular weight is 555 g/mol. The van der Waals surface area contributed by atoms with Crippen molar-refractivity contribution >= 4 is 34.1 Å². The van der Waals surface area contributed by atoms with E-state index >= 15 is 0 Å². The molecule has 0 bridgehead atoms. The van der Waals surface area contributed by atoms with Crippen LogP contribution in [0.4, 0.5) is 5.82 Å². The number of amides is 1.